The Kier molecular flexibility index (Phi) is 3.88. The van der Waals surface area contributed by atoms with Crippen LogP contribution in [0.25, 0.3) is 0 Å². The molecule has 0 spiro atoms. The first kappa shape index (κ1) is 17.0. The molecule has 2 atom stereocenters. The average Bonchev–Trinajstić information content (AvgIpc) is 3.16. The second-order valence-corrected chi connectivity index (χ2v) is 8.16. The highest BCUT2D eigenvalue weighted by Crippen LogP contribution is 2.66. The molecule has 4 nitrogen and oxygen atoms in total. The smallest absolute Gasteiger partial charge is 0.177 e. The first-order valence-corrected chi connectivity index (χ1v) is 9.78. The number of H-pyrrole nitrogens is 1. The molecule has 0 amide bonds. The van der Waals surface area contributed by atoms with Gasteiger partial charge in [0, 0.05) is 59.6 Å². The number of pyridine rings is 1. The highest BCUT2D eigenvalue weighted by molar-refractivity contribution is 7.71. The molecule has 0 radical (unpaired) electrons. The van der Waals surface area contributed by atoms with E-state index in [0.29, 0.717) is 10.9 Å². The van der Waals surface area contributed by atoms with Crippen LogP contribution >= 0.6 is 23.8 Å². The van der Waals surface area contributed by atoms with E-state index in [1.165, 1.54) is 11.8 Å². The highest BCUT2D eigenvalue weighted by atomic mass is 35.5. The number of halogens is 2. The van der Waals surface area contributed by atoms with Crippen molar-refractivity contribution in [1.82, 2.24) is 14.5 Å². The Morgan fingerprint density at radius 1 is 1.41 bits per heavy atom. The summed E-state index contributed by atoms with van der Waals surface area (Å²) in [7, 11) is 0. The molecule has 2 aromatic heterocycles. The van der Waals surface area contributed by atoms with Crippen LogP contribution in [0.5, 0.6) is 0 Å². The fourth-order valence-electron chi connectivity index (χ4n) is 4.46. The summed E-state index contributed by atoms with van der Waals surface area (Å²) in [6.45, 7) is 1.49. The summed E-state index contributed by atoms with van der Waals surface area (Å²) in [5, 5.41) is 3.95. The van der Waals surface area contributed by atoms with Crippen LogP contribution in [0.1, 0.15) is 29.3 Å². The van der Waals surface area contributed by atoms with Crippen LogP contribution in [0.15, 0.2) is 42.7 Å². The van der Waals surface area contributed by atoms with E-state index in [1.807, 2.05) is 12.1 Å². The van der Waals surface area contributed by atoms with Crippen LogP contribution in [-0.2, 0) is 18.4 Å². The standard InChI is InChI=1S/C20H18ClFN4S/c21-12-3-4-16(22)14(8-12)20-9-15(20)18-17(25-19(27)26(18)11-20)5-7-24-13-2-1-6-23-10-13/h1-4,6,8,10,15,24H,5,7,9,11H2,(H,25,27)/t15-,20+/m0/s1. The van der Waals surface area contributed by atoms with Gasteiger partial charge in [0.05, 0.1) is 5.69 Å². The molecule has 138 valence electrons. The average molecular weight is 401 g/mol. The summed E-state index contributed by atoms with van der Waals surface area (Å²) >= 11 is 11.7. The molecule has 2 N–H and O–H groups in total. The van der Waals surface area contributed by atoms with Crippen molar-refractivity contribution in [2.24, 2.45) is 0 Å². The van der Waals surface area contributed by atoms with Gasteiger partial charge in [-0.15, -0.1) is 0 Å². The van der Waals surface area contributed by atoms with E-state index in [9.17, 15) is 4.39 Å². The number of hydrogen-bond acceptors (Lipinski definition) is 3. The molecule has 0 saturated heterocycles. The van der Waals surface area contributed by atoms with Crippen molar-refractivity contribution in [2.75, 3.05) is 11.9 Å². The zero-order valence-electron chi connectivity index (χ0n) is 14.5. The predicted molar refractivity (Wildman–Crippen MR) is 106 cm³/mol. The SMILES string of the molecule is Fc1ccc(Cl)cc1[C@]12C[C@H]1c1c(CCNc3cccnc3)[nH]c(=S)n1C2. The van der Waals surface area contributed by atoms with E-state index in [2.05, 4.69) is 19.9 Å². The molecule has 1 aliphatic heterocycles. The molecule has 7 heteroatoms. The Labute approximate surface area is 166 Å². The van der Waals surface area contributed by atoms with Crippen molar-refractivity contribution in [1.29, 1.82) is 0 Å². The lowest BCUT2D eigenvalue weighted by Crippen LogP contribution is -2.14. The summed E-state index contributed by atoms with van der Waals surface area (Å²) in [4.78, 5) is 7.47. The number of benzene rings is 1. The topological polar surface area (TPSA) is 45.6 Å². The first-order valence-electron chi connectivity index (χ1n) is 8.99. The maximum Gasteiger partial charge on any atom is 0.177 e. The molecular formula is C20H18ClFN4S. The number of fused-ring (bicyclic) bond motifs is 3. The Bertz CT molecular complexity index is 1080. The van der Waals surface area contributed by atoms with E-state index >= 15 is 0 Å². The number of nitrogens with zero attached hydrogens (tertiary/aromatic N) is 2. The Morgan fingerprint density at radius 3 is 3.11 bits per heavy atom. The van der Waals surface area contributed by atoms with Crippen LogP contribution in [0.2, 0.25) is 5.02 Å². The fraction of sp³-hybridized carbons (Fsp3) is 0.300. The zero-order chi connectivity index (χ0) is 18.6. The number of hydrogen-bond donors (Lipinski definition) is 2. The molecule has 3 aromatic rings. The highest BCUT2D eigenvalue weighted by Gasteiger charge is 2.63. The van der Waals surface area contributed by atoms with Crippen LogP contribution in [-0.4, -0.2) is 21.1 Å². The molecule has 0 bridgehead atoms. The quantitative estimate of drug-likeness (QED) is 0.603. The first-order chi connectivity index (χ1) is 13.1. The van der Waals surface area contributed by atoms with Crippen LogP contribution < -0.4 is 5.32 Å². The molecular weight excluding hydrogens is 383 g/mol. The van der Waals surface area contributed by atoms with Gasteiger partial charge in [-0.05, 0) is 54.5 Å². The van der Waals surface area contributed by atoms with Gasteiger partial charge in [0.25, 0.3) is 0 Å². The van der Waals surface area contributed by atoms with E-state index < -0.39 is 0 Å². The van der Waals surface area contributed by atoms with Crippen molar-refractivity contribution in [2.45, 2.75) is 30.7 Å². The molecule has 27 heavy (non-hydrogen) atoms. The second kappa shape index (κ2) is 6.17. The largest absolute Gasteiger partial charge is 0.383 e. The molecule has 1 saturated carbocycles. The lowest BCUT2D eigenvalue weighted by Gasteiger charge is -2.14. The van der Waals surface area contributed by atoms with Gasteiger partial charge in [-0.3, -0.25) is 4.98 Å². The monoisotopic (exact) mass is 400 g/mol. The van der Waals surface area contributed by atoms with Crippen molar-refractivity contribution in [3.8, 4) is 0 Å². The minimum atomic E-state index is -0.196. The molecule has 2 aliphatic rings. The molecule has 1 aliphatic carbocycles. The lowest BCUT2D eigenvalue weighted by molar-refractivity contribution is 0.530. The molecule has 5 rings (SSSR count). The number of rotatable bonds is 5. The van der Waals surface area contributed by atoms with Gasteiger partial charge in [0.1, 0.15) is 5.82 Å². The predicted octanol–water partition coefficient (Wildman–Crippen LogP) is 4.83. The van der Waals surface area contributed by atoms with Gasteiger partial charge in [-0.2, -0.15) is 0 Å². The van der Waals surface area contributed by atoms with Crippen LogP contribution in [0.3, 0.4) is 0 Å². The Morgan fingerprint density at radius 2 is 2.30 bits per heavy atom. The van der Waals surface area contributed by atoms with Crippen molar-refractivity contribution >= 4 is 29.5 Å². The van der Waals surface area contributed by atoms with Crippen LogP contribution in [0, 0.1) is 10.6 Å². The number of imidazole rings is 1. The third-order valence-electron chi connectivity index (χ3n) is 5.78. The van der Waals surface area contributed by atoms with Crippen LogP contribution in [0.4, 0.5) is 10.1 Å². The van der Waals surface area contributed by atoms with E-state index in [1.54, 1.807) is 24.5 Å². The summed E-state index contributed by atoms with van der Waals surface area (Å²) < 4.78 is 17.4. The van der Waals surface area contributed by atoms with Crippen molar-refractivity contribution < 1.29 is 4.39 Å². The molecule has 3 heterocycles. The summed E-state index contributed by atoms with van der Waals surface area (Å²) in [5.74, 6) is 0.120. The van der Waals surface area contributed by atoms with Crippen molar-refractivity contribution in [3.05, 3.63) is 75.3 Å². The van der Waals surface area contributed by atoms with Gasteiger partial charge < -0.3 is 14.9 Å². The lowest BCUT2D eigenvalue weighted by atomic mass is 9.93. The van der Waals surface area contributed by atoms with E-state index in [-0.39, 0.29) is 11.2 Å². The maximum absolute atomic E-state index is 14.5. The van der Waals surface area contributed by atoms with Crippen molar-refractivity contribution in [3.63, 3.8) is 0 Å². The zero-order valence-corrected chi connectivity index (χ0v) is 16.1. The third kappa shape index (κ3) is 2.70. The normalized spacial score (nSPS) is 22.4. The summed E-state index contributed by atoms with van der Waals surface area (Å²) in [6, 6.07) is 8.75. The molecule has 1 fully saturated rings. The number of nitrogens with one attached hydrogen (secondary N) is 2. The number of aromatic amines is 1. The number of anilines is 1. The number of aromatic nitrogens is 3. The van der Waals surface area contributed by atoms with Gasteiger partial charge >= 0.3 is 0 Å². The summed E-state index contributed by atoms with van der Waals surface area (Å²) in [6.07, 6.45) is 5.33. The van der Waals surface area contributed by atoms with Gasteiger partial charge in [0.2, 0.25) is 0 Å². The molecule has 1 aromatic carbocycles. The molecule has 0 unspecified atom stereocenters. The van der Waals surface area contributed by atoms with E-state index in [0.717, 1.165) is 47.6 Å². The maximum atomic E-state index is 14.5. The third-order valence-corrected chi connectivity index (χ3v) is 6.34. The van der Waals surface area contributed by atoms with Gasteiger partial charge in [-0.25, -0.2) is 4.39 Å². The fourth-order valence-corrected chi connectivity index (χ4v) is 4.92. The Balaban J connectivity index is 1.39. The Hall–Kier alpha value is -2.18. The van der Waals surface area contributed by atoms with Gasteiger partial charge in [0.15, 0.2) is 4.77 Å². The minimum absolute atomic E-state index is 0.178. The second-order valence-electron chi connectivity index (χ2n) is 7.34. The van der Waals surface area contributed by atoms with Gasteiger partial charge in [-0.1, -0.05) is 11.6 Å². The summed E-state index contributed by atoms with van der Waals surface area (Å²) in [5.41, 5.74) is 3.89. The minimum Gasteiger partial charge on any atom is -0.383 e. The van der Waals surface area contributed by atoms with E-state index in [4.69, 9.17) is 23.8 Å².